The lowest BCUT2D eigenvalue weighted by molar-refractivity contribution is 0.0354. The van der Waals surface area contributed by atoms with E-state index in [2.05, 4.69) is 18.5 Å². The molecular formula is C18H23NO2. The molecular weight excluding hydrogens is 262 g/mol. The molecule has 0 aromatic heterocycles. The lowest BCUT2D eigenvalue weighted by Gasteiger charge is -2.23. The lowest BCUT2D eigenvalue weighted by atomic mass is 10.1. The third-order valence-electron chi connectivity index (χ3n) is 2.49. The zero-order valence-corrected chi connectivity index (χ0v) is 13.3. The first kappa shape index (κ1) is 16.8. The highest BCUT2D eigenvalue weighted by Gasteiger charge is 2.21. The Balaban J connectivity index is 2.76. The molecule has 112 valence electrons. The molecule has 1 aromatic rings. The topological polar surface area (TPSA) is 29.5 Å². The van der Waals surface area contributed by atoms with Crippen molar-refractivity contribution >= 4 is 6.09 Å². The van der Waals surface area contributed by atoms with Gasteiger partial charge in [-0.25, -0.2) is 9.69 Å². The zero-order chi connectivity index (χ0) is 15.9. The predicted molar refractivity (Wildman–Crippen MR) is 85.7 cm³/mol. The summed E-state index contributed by atoms with van der Waals surface area (Å²) in [6.45, 7) is 11.5. The first-order valence-electron chi connectivity index (χ1n) is 6.99. The van der Waals surface area contributed by atoms with Gasteiger partial charge in [-0.2, -0.15) is 0 Å². The van der Waals surface area contributed by atoms with Gasteiger partial charge in [0.1, 0.15) is 5.60 Å². The van der Waals surface area contributed by atoms with E-state index in [4.69, 9.17) is 4.74 Å². The van der Waals surface area contributed by atoms with E-state index >= 15 is 0 Å². The quantitative estimate of drug-likeness (QED) is 0.620. The van der Waals surface area contributed by atoms with Gasteiger partial charge in [0.25, 0.3) is 0 Å². The molecule has 0 unspecified atom stereocenters. The first-order chi connectivity index (χ1) is 9.78. The first-order valence-corrected chi connectivity index (χ1v) is 6.99. The van der Waals surface area contributed by atoms with Crippen molar-refractivity contribution in [3.05, 3.63) is 48.0 Å². The van der Waals surface area contributed by atoms with Crippen LogP contribution >= 0.6 is 0 Å². The number of rotatable bonds is 3. The smallest absolute Gasteiger partial charge is 0.422 e. The van der Waals surface area contributed by atoms with Gasteiger partial charge in [0, 0.05) is 12.6 Å². The van der Waals surface area contributed by atoms with Crippen LogP contribution in [0.4, 0.5) is 4.79 Å². The summed E-state index contributed by atoms with van der Waals surface area (Å²) in [6, 6.07) is 12.8. The number of carbonyl (C=O) groups is 1. The molecule has 0 fully saturated rings. The van der Waals surface area contributed by atoms with Gasteiger partial charge in [-0.1, -0.05) is 36.9 Å². The third-order valence-corrected chi connectivity index (χ3v) is 2.49. The molecule has 0 aliphatic heterocycles. The van der Waals surface area contributed by atoms with Crippen LogP contribution in [0.5, 0.6) is 0 Å². The van der Waals surface area contributed by atoms with Crippen LogP contribution in [0.2, 0.25) is 0 Å². The summed E-state index contributed by atoms with van der Waals surface area (Å²) in [4.78, 5) is 13.6. The van der Waals surface area contributed by atoms with Crippen molar-refractivity contribution in [1.82, 2.24) is 4.90 Å². The fraction of sp³-hybridized carbons (Fsp3) is 0.389. The third kappa shape index (κ3) is 7.22. The summed E-state index contributed by atoms with van der Waals surface area (Å²) in [6.07, 6.45) is 0.303. The zero-order valence-electron chi connectivity index (χ0n) is 13.3. The monoisotopic (exact) mass is 285 g/mol. The molecule has 21 heavy (non-hydrogen) atoms. The highest BCUT2D eigenvalue weighted by Crippen LogP contribution is 2.10. The number of carbonyl (C=O) groups excluding carboxylic acids is 1. The molecule has 0 N–H and O–H groups in total. The van der Waals surface area contributed by atoms with Gasteiger partial charge < -0.3 is 4.74 Å². The lowest BCUT2D eigenvalue weighted by Crippen LogP contribution is -2.35. The van der Waals surface area contributed by atoms with E-state index in [1.165, 1.54) is 4.90 Å². The largest absolute Gasteiger partial charge is 0.443 e. The second-order valence-corrected chi connectivity index (χ2v) is 5.88. The average molecular weight is 285 g/mol. The molecule has 0 saturated heterocycles. The van der Waals surface area contributed by atoms with E-state index in [0.717, 1.165) is 12.0 Å². The Kier molecular flexibility index (Phi) is 6.05. The SMILES string of the molecule is C=C(C)C#CN(CCc1ccccc1)C(=O)OC(C)(C)C. The van der Waals surface area contributed by atoms with Crippen LogP contribution in [0, 0.1) is 12.0 Å². The number of amides is 1. The molecule has 0 saturated carbocycles. The molecule has 0 spiro atoms. The molecule has 1 rings (SSSR count). The van der Waals surface area contributed by atoms with Crippen molar-refractivity contribution in [2.24, 2.45) is 0 Å². The van der Waals surface area contributed by atoms with Crippen LogP contribution in [0.15, 0.2) is 42.5 Å². The Labute approximate surface area is 127 Å². The number of ether oxygens (including phenoxy) is 1. The van der Waals surface area contributed by atoms with Crippen LogP contribution in [-0.4, -0.2) is 23.1 Å². The molecule has 0 aliphatic carbocycles. The van der Waals surface area contributed by atoms with Crippen LogP contribution in [0.1, 0.15) is 33.3 Å². The van der Waals surface area contributed by atoms with Crippen molar-refractivity contribution in [2.45, 2.75) is 39.7 Å². The van der Waals surface area contributed by atoms with E-state index in [1.807, 2.05) is 51.1 Å². The minimum Gasteiger partial charge on any atom is -0.443 e. The summed E-state index contributed by atoms with van der Waals surface area (Å²) >= 11 is 0. The Bertz CT molecular complexity index is 544. The van der Waals surface area contributed by atoms with Crippen molar-refractivity contribution in [3.63, 3.8) is 0 Å². The van der Waals surface area contributed by atoms with E-state index < -0.39 is 11.7 Å². The van der Waals surface area contributed by atoms with Gasteiger partial charge in [-0.05, 0) is 51.2 Å². The van der Waals surface area contributed by atoms with Crippen molar-refractivity contribution in [2.75, 3.05) is 6.54 Å². The number of nitrogens with zero attached hydrogens (tertiary/aromatic N) is 1. The van der Waals surface area contributed by atoms with Gasteiger partial charge >= 0.3 is 6.09 Å². The standard InChI is InChI=1S/C18H23NO2/c1-15(2)11-13-19(17(20)21-18(3,4)5)14-12-16-9-7-6-8-10-16/h6-10H,1,12,14H2,2-5H3. The molecule has 0 aliphatic rings. The maximum atomic E-state index is 12.2. The summed E-state index contributed by atoms with van der Waals surface area (Å²) in [5, 5.41) is 0. The molecule has 1 aromatic carbocycles. The van der Waals surface area contributed by atoms with Crippen molar-refractivity contribution in [3.8, 4) is 12.0 Å². The van der Waals surface area contributed by atoms with Crippen molar-refractivity contribution < 1.29 is 9.53 Å². The Hall–Kier alpha value is -2.21. The maximum absolute atomic E-state index is 12.2. The number of benzene rings is 1. The highest BCUT2D eigenvalue weighted by atomic mass is 16.6. The molecule has 3 heteroatoms. The normalized spacial score (nSPS) is 10.3. The molecule has 3 nitrogen and oxygen atoms in total. The Morgan fingerprint density at radius 1 is 1.29 bits per heavy atom. The Morgan fingerprint density at radius 3 is 2.43 bits per heavy atom. The molecule has 1 amide bonds. The molecule has 0 heterocycles. The van der Waals surface area contributed by atoms with Crippen LogP contribution in [0.25, 0.3) is 0 Å². The van der Waals surface area contributed by atoms with E-state index in [9.17, 15) is 4.79 Å². The van der Waals surface area contributed by atoms with Crippen LogP contribution < -0.4 is 0 Å². The molecule has 0 bridgehead atoms. The van der Waals surface area contributed by atoms with Gasteiger partial charge in [0.15, 0.2) is 0 Å². The minimum atomic E-state index is -0.535. The van der Waals surface area contributed by atoms with Gasteiger partial charge in [-0.15, -0.1) is 0 Å². The minimum absolute atomic E-state index is 0.424. The van der Waals surface area contributed by atoms with Crippen molar-refractivity contribution in [1.29, 1.82) is 0 Å². The fourth-order valence-electron chi connectivity index (χ4n) is 1.56. The molecule has 0 radical (unpaired) electrons. The predicted octanol–water partition coefficient (Wildman–Crippen LogP) is 4.00. The summed E-state index contributed by atoms with van der Waals surface area (Å²) in [5.74, 6) is 2.83. The maximum Gasteiger partial charge on any atom is 0.422 e. The highest BCUT2D eigenvalue weighted by molar-refractivity contribution is 5.70. The summed E-state index contributed by atoms with van der Waals surface area (Å²) in [7, 11) is 0. The fourth-order valence-corrected chi connectivity index (χ4v) is 1.56. The number of hydrogen-bond acceptors (Lipinski definition) is 2. The second kappa shape index (κ2) is 7.54. The second-order valence-electron chi connectivity index (χ2n) is 5.88. The van der Waals surface area contributed by atoms with E-state index in [0.29, 0.717) is 12.1 Å². The van der Waals surface area contributed by atoms with Gasteiger partial charge in [-0.3, -0.25) is 0 Å². The van der Waals surface area contributed by atoms with Crippen LogP contribution in [0.3, 0.4) is 0 Å². The summed E-state index contributed by atoms with van der Waals surface area (Å²) < 4.78 is 5.38. The van der Waals surface area contributed by atoms with E-state index in [-0.39, 0.29) is 0 Å². The van der Waals surface area contributed by atoms with E-state index in [1.54, 1.807) is 6.92 Å². The summed E-state index contributed by atoms with van der Waals surface area (Å²) in [5.41, 5.74) is 1.33. The van der Waals surface area contributed by atoms with Gasteiger partial charge in [0.05, 0.1) is 0 Å². The van der Waals surface area contributed by atoms with Gasteiger partial charge in [0.2, 0.25) is 0 Å². The average Bonchev–Trinajstić information content (AvgIpc) is 2.37. The van der Waals surface area contributed by atoms with Crippen LogP contribution in [-0.2, 0) is 11.2 Å². The Morgan fingerprint density at radius 2 is 1.90 bits per heavy atom. The number of allylic oxidation sites excluding steroid dienone is 1. The number of hydrogen-bond donors (Lipinski definition) is 0. The molecule has 0 atom stereocenters.